The van der Waals surface area contributed by atoms with Crippen LogP contribution >= 0.6 is 34.8 Å². The lowest BCUT2D eigenvalue weighted by molar-refractivity contribution is 0.539. The van der Waals surface area contributed by atoms with E-state index in [1.165, 1.54) is 0 Å². The molecule has 0 radical (unpaired) electrons. The van der Waals surface area contributed by atoms with Gasteiger partial charge in [-0.15, -0.1) is 0 Å². The van der Waals surface area contributed by atoms with Crippen molar-refractivity contribution in [1.29, 1.82) is 0 Å². The summed E-state index contributed by atoms with van der Waals surface area (Å²) in [5.74, 6) is 5.59. The Morgan fingerprint density at radius 3 is 2.26 bits per heavy atom. The Labute approximate surface area is 126 Å². The van der Waals surface area contributed by atoms with Crippen LogP contribution in [0.25, 0.3) is 0 Å². The maximum atomic E-state index is 6.15. The molecule has 3 nitrogen and oxygen atoms in total. The number of hydrogen-bond acceptors (Lipinski definition) is 3. The van der Waals surface area contributed by atoms with E-state index < -0.39 is 0 Å². The van der Waals surface area contributed by atoms with E-state index in [4.69, 9.17) is 40.6 Å². The molecule has 3 N–H and O–H groups in total. The number of pyridine rings is 1. The Bertz CT molecular complexity index is 555. The monoisotopic (exact) mass is 315 g/mol. The molecule has 1 aromatic heterocycles. The third kappa shape index (κ3) is 3.38. The predicted octanol–water partition coefficient (Wildman–Crippen LogP) is 3.79. The molecule has 6 heteroatoms. The highest BCUT2D eigenvalue weighted by Gasteiger charge is 2.18. The van der Waals surface area contributed by atoms with Crippen molar-refractivity contribution in [3.63, 3.8) is 0 Å². The first-order chi connectivity index (χ1) is 9.13. The molecule has 0 amide bonds. The second-order valence-electron chi connectivity index (χ2n) is 3.99. The van der Waals surface area contributed by atoms with Crippen molar-refractivity contribution in [3.05, 3.63) is 62.9 Å². The van der Waals surface area contributed by atoms with Crippen LogP contribution in [0.3, 0.4) is 0 Å². The summed E-state index contributed by atoms with van der Waals surface area (Å²) in [7, 11) is 0. The van der Waals surface area contributed by atoms with Crippen LogP contribution in [-0.2, 0) is 6.42 Å². The fourth-order valence-electron chi connectivity index (χ4n) is 1.82. The van der Waals surface area contributed by atoms with Gasteiger partial charge in [-0.25, -0.2) is 0 Å². The Balaban J connectivity index is 2.32. The molecule has 1 unspecified atom stereocenters. The summed E-state index contributed by atoms with van der Waals surface area (Å²) in [6, 6.07) is 8.65. The second kappa shape index (κ2) is 6.55. The minimum absolute atomic E-state index is 0.258. The number of nitrogens with two attached hydrogens (primary N) is 1. The van der Waals surface area contributed by atoms with E-state index in [2.05, 4.69) is 10.4 Å². The molecular formula is C13H12Cl3N3. The smallest absolute Gasteiger partial charge is 0.0775 e. The molecule has 0 bridgehead atoms. The molecule has 0 saturated heterocycles. The Hall–Kier alpha value is -0.840. The first-order valence-electron chi connectivity index (χ1n) is 5.63. The molecule has 2 rings (SSSR count). The van der Waals surface area contributed by atoms with E-state index in [9.17, 15) is 0 Å². The van der Waals surface area contributed by atoms with Crippen LogP contribution in [0.2, 0.25) is 15.1 Å². The van der Waals surface area contributed by atoms with Gasteiger partial charge in [0.05, 0.1) is 16.8 Å². The van der Waals surface area contributed by atoms with Crippen molar-refractivity contribution in [1.82, 2.24) is 10.4 Å². The summed E-state index contributed by atoms with van der Waals surface area (Å²) in [6.07, 6.45) is 2.17. The summed E-state index contributed by atoms with van der Waals surface area (Å²) in [6.45, 7) is 0. The Morgan fingerprint density at radius 1 is 1.05 bits per heavy atom. The summed E-state index contributed by atoms with van der Waals surface area (Å²) in [5.41, 5.74) is 4.18. The first-order valence-corrected chi connectivity index (χ1v) is 6.76. The van der Waals surface area contributed by atoms with Gasteiger partial charge in [-0.05, 0) is 36.2 Å². The molecule has 0 spiro atoms. The first kappa shape index (κ1) is 14.6. The lowest BCUT2D eigenvalue weighted by atomic mass is 10.0. The summed E-state index contributed by atoms with van der Waals surface area (Å²) < 4.78 is 0. The number of nitrogens with one attached hydrogen (secondary N) is 1. The van der Waals surface area contributed by atoms with Crippen LogP contribution in [0.1, 0.15) is 17.3 Å². The molecule has 0 fully saturated rings. The summed E-state index contributed by atoms with van der Waals surface area (Å²) in [5, 5.41) is 1.74. The van der Waals surface area contributed by atoms with E-state index in [0.717, 1.165) is 5.56 Å². The fourth-order valence-corrected chi connectivity index (χ4v) is 2.63. The molecule has 0 aliphatic heterocycles. The zero-order chi connectivity index (χ0) is 13.8. The van der Waals surface area contributed by atoms with Crippen molar-refractivity contribution in [2.24, 2.45) is 5.84 Å². The summed E-state index contributed by atoms with van der Waals surface area (Å²) >= 11 is 18.4. The van der Waals surface area contributed by atoms with Crippen molar-refractivity contribution < 1.29 is 0 Å². The van der Waals surface area contributed by atoms with E-state index in [0.29, 0.717) is 27.2 Å². The van der Waals surface area contributed by atoms with Gasteiger partial charge in [-0.2, -0.15) is 0 Å². The van der Waals surface area contributed by atoms with Crippen LogP contribution in [0, 0.1) is 0 Å². The van der Waals surface area contributed by atoms with Gasteiger partial charge in [-0.1, -0.05) is 40.9 Å². The second-order valence-corrected chi connectivity index (χ2v) is 5.22. The van der Waals surface area contributed by atoms with Gasteiger partial charge in [0.25, 0.3) is 0 Å². The number of aromatic nitrogens is 1. The molecule has 0 saturated carbocycles. The van der Waals surface area contributed by atoms with Gasteiger partial charge in [0.2, 0.25) is 0 Å². The topological polar surface area (TPSA) is 50.9 Å². The molecule has 2 aromatic rings. The van der Waals surface area contributed by atoms with Crippen LogP contribution in [-0.4, -0.2) is 4.98 Å². The summed E-state index contributed by atoms with van der Waals surface area (Å²) in [4.78, 5) is 4.24. The average Bonchev–Trinajstić information content (AvgIpc) is 2.40. The van der Waals surface area contributed by atoms with Crippen LogP contribution in [0.4, 0.5) is 0 Å². The number of nitrogens with zero attached hydrogens (tertiary/aromatic N) is 1. The number of halogens is 3. The van der Waals surface area contributed by atoms with E-state index in [1.54, 1.807) is 36.5 Å². The molecule has 1 atom stereocenters. The normalized spacial score (nSPS) is 12.4. The predicted molar refractivity (Wildman–Crippen MR) is 79.5 cm³/mol. The van der Waals surface area contributed by atoms with Crippen LogP contribution in [0.15, 0.2) is 36.5 Å². The van der Waals surface area contributed by atoms with E-state index in [-0.39, 0.29) is 6.04 Å². The van der Waals surface area contributed by atoms with Crippen molar-refractivity contribution in [2.75, 3.05) is 0 Å². The third-order valence-corrected chi connectivity index (χ3v) is 3.82. The maximum Gasteiger partial charge on any atom is 0.0775 e. The largest absolute Gasteiger partial charge is 0.271 e. The minimum Gasteiger partial charge on any atom is -0.271 e. The van der Waals surface area contributed by atoms with E-state index >= 15 is 0 Å². The Morgan fingerprint density at radius 2 is 1.68 bits per heavy atom. The van der Waals surface area contributed by atoms with Crippen molar-refractivity contribution >= 4 is 34.8 Å². The number of benzene rings is 1. The van der Waals surface area contributed by atoms with Crippen LogP contribution in [0.5, 0.6) is 0 Å². The highest BCUT2D eigenvalue weighted by molar-refractivity contribution is 6.36. The fraction of sp³-hybridized carbons (Fsp3) is 0.154. The lowest BCUT2D eigenvalue weighted by Crippen LogP contribution is -2.30. The van der Waals surface area contributed by atoms with Gasteiger partial charge in [0.15, 0.2) is 0 Å². The van der Waals surface area contributed by atoms with Gasteiger partial charge in [-0.3, -0.25) is 16.3 Å². The molecule has 19 heavy (non-hydrogen) atoms. The zero-order valence-corrected chi connectivity index (χ0v) is 12.2. The van der Waals surface area contributed by atoms with Crippen molar-refractivity contribution in [3.8, 4) is 0 Å². The van der Waals surface area contributed by atoms with Gasteiger partial charge in [0, 0.05) is 16.2 Å². The Kier molecular flexibility index (Phi) is 5.02. The lowest BCUT2D eigenvalue weighted by Gasteiger charge is -2.18. The molecule has 1 heterocycles. The van der Waals surface area contributed by atoms with Crippen LogP contribution < -0.4 is 11.3 Å². The minimum atomic E-state index is -0.258. The molecule has 1 aromatic carbocycles. The zero-order valence-electron chi connectivity index (χ0n) is 9.91. The molecule has 100 valence electrons. The number of rotatable bonds is 4. The SMILES string of the molecule is NNC(Cc1c(Cl)cccc1Cl)c1ncccc1Cl. The van der Waals surface area contributed by atoms with Gasteiger partial charge in [0.1, 0.15) is 0 Å². The van der Waals surface area contributed by atoms with Gasteiger partial charge >= 0.3 is 0 Å². The molecule has 0 aliphatic carbocycles. The molecular weight excluding hydrogens is 305 g/mol. The standard InChI is InChI=1S/C13H12Cl3N3/c14-9-3-1-4-10(15)8(9)7-12(19-17)13-11(16)5-2-6-18-13/h1-6,12,19H,7,17H2. The third-order valence-electron chi connectivity index (χ3n) is 2.79. The van der Waals surface area contributed by atoms with Gasteiger partial charge < -0.3 is 0 Å². The van der Waals surface area contributed by atoms with E-state index in [1.807, 2.05) is 0 Å². The highest BCUT2D eigenvalue weighted by atomic mass is 35.5. The maximum absolute atomic E-state index is 6.15. The number of hydrazine groups is 1. The quantitative estimate of drug-likeness (QED) is 0.666. The number of hydrogen-bond donors (Lipinski definition) is 2. The average molecular weight is 317 g/mol. The molecule has 0 aliphatic rings. The highest BCUT2D eigenvalue weighted by Crippen LogP contribution is 2.30. The van der Waals surface area contributed by atoms with Crippen molar-refractivity contribution in [2.45, 2.75) is 12.5 Å².